The average Bonchev–Trinajstić information content (AvgIpc) is 3.19. The molecule has 0 saturated heterocycles. The summed E-state index contributed by atoms with van der Waals surface area (Å²) in [6.45, 7) is 17.6. The van der Waals surface area contributed by atoms with Crippen LogP contribution in [0.1, 0.15) is 78.3 Å². The van der Waals surface area contributed by atoms with E-state index in [9.17, 15) is 0 Å². The minimum atomic E-state index is 0.399. The average molecular weight is 420 g/mol. The standard InChI is InChI=1S/C20H29N3O.2C2H6.CH4O/c1-7-23-11-10-18(21-5)19(23)13-15(4)12-16-8-9-17(14(2)3)22-20(16)24-6;3*1-2/h8-11,13-14,21H,7,12H2,1-6H3;2*1-2H3;2H,1H3/b15-13-;;;. The van der Waals surface area contributed by atoms with E-state index in [-0.39, 0.29) is 0 Å². The van der Waals surface area contributed by atoms with Crippen molar-refractivity contribution in [1.29, 1.82) is 0 Å². The molecule has 0 unspecified atom stereocenters. The molecule has 0 aliphatic heterocycles. The van der Waals surface area contributed by atoms with Gasteiger partial charge in [0.2, 0.25) is 5.88 Å². The van der Waals surface area contributed by atoms with E-state index in [2.05, 4.69) is 73.0 Å². The second kappa shape index (κ2) is 17.6. The van der Waals surface area contributed by atoms with Gasteiger partial charge in [0.1, 0.15) is 0 Å². The largest absolute Gasteiger partial charge is 0.481 e. The number of aliphatic hydroxyl groups excluding tert-OH is 1. The summed E-state index contributed by atoms with van der Waals surface area (Å²) < 4.78 is 7.75. The number of anilines is 1. The van der Waals surface area contributed by atoms with Gasteiger partial charge in [0, 0.05) is 38.2 Å². The zero-order valence-corrected chi connectivity index (χ0v) is 21.1. The molecule has 0 fully saturated rings. The zero-order chi connectivity index (χ0) is 23.7. The van der Waals surface area contributed by atoms with Crippen molar-refractivity contribution < 1.29 is 9.84 Å². The number of hydrogen-bond donors (Lipinski definition) is 2. The highest BCUT2D eigenvalue weighted by Crippen LogP contribution is 2.25. The number of aryl methyl sites for hydroxylation is 1. The lowest BCUT2D eigenvalue weighted by atomic mass is 10.0. The number of ether oxygens (including phenoxy) is 1. The monoisotopic (exact) mass is 419 g/mol. The van der Waals surface area contributed by atoms with Crippen molar-refractivity contribution in [2.24, 2.45) is 0 Å². The second-order valence-electron chi connectivity index (χ2n) is 6.38. The summed E-state index contributed by atoms with van der Waals surface area (Å²) in [6, 6.07) is 6.35. The second-order valence-corrected chi connectivity index (χ2v) is 6.38. The number of methoxy groups -OCH3 is 1. The van der Waals surface area contributed by atoms with Gasteiger partial charge in [-0.25, -0.2) is 4.98 Å². The maximum absolute atomic E-state index is 7.00. The van der Waals surface area contributed by atoms with Gasteiger partial charge < -0.3 is 19.7 Å². The Bertz CT molecular complexity index is 698. The highest BCUT2D eigenvalue weighted by atomic mass is 16.5. The minimum Gasteiger partial charge on any atom is -0.481 e. The first kappa shape index (κ1) is 29.9. The van der Waals surface area contributed by atoms with Gasteiger partial charge in [-0.15, -0.1) is 0 Å². The summed E-state index contributed by atoms with van der Waals surface area (Å²) in [6.07, 6.45) is 5.18. The van der Waals surface area contributed by atoms with Crippen molar-refractivity contribution in [3.63, 3.8) is 0 Å². The molecule has 2 N–H and O–H groups in total. The quantitative estimate of drug-likeness (QED) is 0.546. The molecule has 0 saturated carbocycles. The number of rotatable bonds is 7. The van der Waals surface area contributed by atoms with Crippen LogP contribution in [0.25, 0.3) is 6.08 Å². The molecule has 2 aromatic rings. The predicted molar refractivity (Wildman–Crippen MR) is 133 cm³/mol. The lowest BCUT2D eigenvalue weighted by molar-refractivity contribution is 0.391. The van der Waals surface area contributed by atoms with Gasteiger partial charge in [-0.05, 0) is 44.4 Å². The number of aliphatic hydroxyl groups is 1. The van der Waals surface area contributed by atoms with Crippen LogP contribution in [0, 0.1) is 0 Å². The Morgan fingerprint density at radius 3 is 2.23 bits per heavy atom. The Hall–Kier alpha value is -2.27. The molecular formula is C25H45N3O2. The van der Waals surface area contributed by atoms with E-state index in [1.807, 2.05) is 34.7 Å². The van der Waals surface area contributed by atoms with E-state index in [1.165, 1.54) is 11.3 Å². The maximum atomic E-state index is 7.00. The van der Waals surface area contributed by atoms with Crippen LogP contribution in [0.4, 0.5) is 5.69 Å². The summed E-state index contributed by atoms with van der Waals surface area (Å²) >= 11 is 0. The Morgan fingerprint density at radius 1 is 1.17 bits per heavy atom. The molecule has 5 nitrogen and oxygen atoms in total. The number of allylic oxidation sites excluding steroid dienone is 1. The van der Waals surface area contributed by atoms with Crippen LogP contribution >= 0.6 is 0 Å². The molecule has 0 aliphatic rings. The molecule has 0 radical (unpaired) electrons. The number of pyridine rings is 1. The van der Waals surface area contributed by atoms with Crippen molar-refractivity contribution >= 4 is 11.8 Å². The Morgan fingerprint density at radius 2 is 1.77 bits per heavy atom. The minimum absolute atomic E-state index is 0.399. The van der Waals surface area contributed by atoms with Crippen LogP contribution in [0.5, 0.6) is 5.88 Å². The normalized spacial score (nSPS) is 10.1. The molecule has 2 heterocycles. The topological polar surface area (TPSA) is 59.3 Å². The number of nitrogens with zero attached hydrogens (tertiary/aromatic N) is 2. The molecule has 0 spiro atoms. The van der Waals surface area contributed by atoms with E-state index >= 15 is 0 Å². The van der Waals surface area contributed by atoms with Crippen LogP contribution in [0.2, 0.25) is 0 Å². The first-order valence-electron chi connectivity index (χ1n) is 11.0. The molecule has 2 aromatic heterocycles. The Labute approximate surface area is 185 Å². The Balaban J connectivity index is 0. The smallest absolute Gasteiger partial charge is 0.216 e. The van der Waals surface area contributed by atoms with E-state index in [4.69, 9.17) is 9.84 Å². The molecule has 0 amide bonds. The van der Waals surface area contributed by atoms with Gasteiger partial charge in [-0.2, -0.15) is 0 Å². The van der Waals surface area contributed by atoms with E-state index in [0.29, 0.717) is 5.92 Å². The first-order chi connectivity index (χ1) is 14.5. The lowest BCUT2D eigenvalue weighted by Gasteiger charge is -2.12. The third-order valence-electron chi connectivity index (χ3n) is 4.21. The molecule has 5 heteroatoms. The molecule has 0 aliphatic carbocycles. The molecular weight excluding hydrogens is 374 g/mol. The van der Waals surface area contributed by atoms with Crippen molar-refractivity contribution in [3.05, 3.63) is 46.9 Å². The predicted octanol–water partition coefficient (Wildman–Crippen LogP) is 6.38. The van der Waals surface area contributed by atoms with E-state index in [1.54, 1.807) is 7.11 Å². The summed E-state index contributed by atoms with van der Waals surface area (Å²) in [5.41, 5.74) is 5.82. The van der Waals surface area contributed by atoms with Crippen LogP contribution < -0.4 is 10.1 Å². The molecule has 0 atom stereocenters. The van der Waals surface area contributed by atoms with Crippen LogP contribution in [-0.2, 0) is 13.0 Å². The highest BCUT2D eigenvalue weighted by molar-refractivity contribution is 5.66. The zero-order valence-electron chi connectivity index (χ0n) is 21.1. The number of nitrogens with one attached hydrogen (secondary N) is 1. The number of hydrogen-bond acceptors (Lipinski definition) is 4. The molecule has 0 bridgehead atoms. The van der Waals surface area contributed by atoms with Crippen molar-refractivity contribution in [2.45, 2.75) is 74.3 Å². The van der Waals surface area contributed by atoms with Gasteiger partial charge in [-0.1, -0.05) is 53.2 Å². The third-order valence-corrected chi connectivity index (χ3v) is 4.21. The highest BCUT2D eigenvalue weighted by Gasteiger charge is 2.10. The van der Waals surface area contributed by atoms with Crippen LogP contribution in [-0.4, -0.2) is 35.9 Å². The van der Waals surface area contributed by atoms with Crippen LogP contribution in [0.3, 0.4) is 0 Å². The summed E-state index contributed by atoms with van der Waals surface area (Å²) in [5.74, 6) is 1.13. The van der Waals surface area contributed by atoms with Crippen molar-refractivity contribution in [3.8, 4) is 5.88 Å². The van der Waals surface area contributed by atoms with Gasteiger partial charge in [0.25, 0.3) is 0 Å². The molecule has 172 valence electrons. The van der Waals surface area contributed by atoms with Crippen LogP contribution in [0.15, 0.2) is 30.0 Å². The van der Waals surface area contributed by atoms with Crippen molar-refractivity contribution in [1.82, 2.24) is 9.55 Å². The van der Waals surface area contributed by atoms with Gasteiger partial charge in [0.05, 0.1) is 18.5 Å². The fourth-order valence-electron chi connectivity index (χ4n) is 2.83. The Kier molecular flexibility index (Phi) is 17.5. The summed E-state index contributed by atoms with van der Waals surface area (Å²) in [5, 5.41) is 10.3. The van der Waals surface area contributed by atoms with Gasteiger partial charge in [0.15, 0.2) is 0 Å². The lowest BCUT2D eigenvalue weighted by Crippen LogP contribution is -2.02. The molecule has 0 aromatic carbocycles. The third kappa shape index (κ3) is 9.04. The molecule has 2 rings (SSSR count). The summed E-state index contributed by atoms with van der Waals surface area (Å²) in [7, 11) is 4.65. The van der Waals surface area contributed by atoms with Gasteiger partial charge >= 0.3 is 0 Å². The fourth-order valence-corrected chi connectivity index (χ4v) is 2.83. The molecule has 30 heavy (non-hydrogen) atoms. The first-order valence-corrected chi connectivity index (χ1v) is 11.0. The summed E-state index contributed by atoms with van der Waals surface area (Å²) in [4.78, 5) is 4.64. The van der Waals surface area contributed by atoms with Crippen molar-refractivity contribution in [2.75, 3.05) is 26.6 Å². The maximum Gasteiger partial charge on any atom is 0.216 e. The van der Waals surface area contributed by atoms with Gasteiger partial charge in [-0.3, -0.25) is 0 Å². The van der Waals surface area contributed by atoms with E-state index < -0.39 is 0 Å². The fraction of sp³-hybridized carbons (Fsp3) is 0.560. The van der Waals surface area contributed by atoms with E-state index in [0.717, 1.165) is 42.9 Å². The SMILES string of the molecule is CC.CC.CCn1ccc(NC)c1/C=C(/C)Cc1ccc(C(C)C)nc1OC.CO. The number of aromatic nitrogens is 2.